The van der Waals surface area contributed by atoms with Gasteiger partial charge in [-0.1, -0.05) is 13.2 Å². The van der Waals surface area contributed by atoms with Crippen molar-refractivity contribution in [3.05, 3.63) is 28.7 Å². The zero-order valence-electron chi connectivity index (χ0n) is 9.73. The van der Waals surface area contributed by atoms with Crippen molar-refractivity contribution in [2.24, 2.45) is 0 Å². The molecule has 0 spiro atoms. The smallest absolute Gasteiger partial charge is 0.126 e. The summed E-state index contributed by atoms with van der Waals surface area (Å²) < 4.78 is 4.54. The van der Waals surface area contributed by atoms with Gasteiger partial charge in [-0.2, -0.15) is 0 Å². The van der Waals surface area contributed by atoms with Gasteiger partial charge in [0.2, 0.25) is 0 Å². The first-order valence-electron chi connectivity index (χ1n) is 4.90. The van der Waals surface area contributed by atoms with Gasteiger partial charge in [0, 0.05) is 13.7 Å². The first-order chi connectivity index (χ1) is 7.73. The highest BCUT2D eigenvalue weighted by molar-refractivity contribution is 7.12. The molecule has 0 radical (unpaired) electrons. The van der Waals surface area contributed by atoms with Crippen LogP contribution < -0.4 is 0 Å². The van der Waals surface area contributed by atoms with Crippen molar-refractivity contribution >= 4 is 29.8 Å². The minimum absolute atomic E-state index is 0.374. The normalized spacial score (nSPS) is 8.88. The molecule has 0 fully saturated rings. The van der Waals surface area contributed by atoms with E-state index in [1.54, 1.807) is 19.3 Å². The molecule has 1 heterocycles. The molecule has 16 heavy (non-hydrogen) atoms. The van der Waals surface area contributed by atoms with Gasteiger partial charge in [0.25, 0.3) is 0 Å². The first kappa shape index (κ1) is 14.7. The first-order valence-corrected chi connectivity index (χ1v) is 5.72. The molecule has 0 amide bonds. The second kappa shape index (κ2) is 9.00. The van der Waals surface area contributed by atoms with Crippen molar-refractivity contribution < 1.29 is 9.53 Å². The van der Waals surface area contributed by atoms with Crippen LogP contribution in [0.5, 0.6) is 0 Å². The Labute approximate surface area is 100 Å². The Balaban J connectivity index is 0.000000487. The number of thiazole rings is 1. The van der Waals surface area contributed by atoms with E-state index >= 15 is 0 Å². The quantitative estimate of drug-likeness (QED) is 0.742. The topological polar surface area (TPSA) is 39.2 Å². The second-order valence-electron chi connectivity index (χ2n) is 2.71. The van der Waals surface area contributed by atoms with Gasteiger partial charge in [0.05, 0.1) is 17.0 Å². The number of carbonyl (C=O) groups is 1. The SMILES string of the molecule is C=Cc1nc(CC=O)sc1C=C.CCOC. The number of nitrogens with zero attached hydrogens (tertiary/aromatic N) is 1. The lowest BCUT2D eigenvalue weighted by molar-refractivity contribution is -0.107. The fraction of sp³-hybridized carbons (Fsp3) is 0.333. The summed E-state index contributed by atoms with van der Waals surface area (Å²) >= 11 is 1.48. The Bertz CT molecular complexity index is 317. The van der Waals surface area contributed by atoms with Gasteiger partial charge in [-0.15, -0.1) is 11.3 Å². The van der Waals surface area contributed by atoms with Gasteiger partial charge >= 0.3 is 0 Å². The van der Waals surface area contributed by atoms with Crippen molar-refractivity contribution in [3.8, 4) is 0 Å². The molecule has 3 nitrogen and oxygen atoms in total. The standard InChI is InChI=1S/C9H9NOS.C3H8O/c1-3-7-8(4-2)12-9(10-7)5-6-11;1-3-4-2/h3-4,6H,1-2,5H2;3H2,1-2H3. The van der Waals surface area contributed by atoms with E-state index in [0.717, 1.165) is 28.5 Å². The third-order valence-electron chi connectivity index (χ3n) is 1.65. The second-order valence-corrected chi connectivity index (χ2v) is 3.83. The highest BCUT2D eigenvalue weighted by atomic mass is 32.1. The fourth-order valence-corrected chi connectivity index (χ4v) is 1.71. The zero-order chi connectivity index (χ0) is 12.4. The number of rotatable bonds is 5. The molecule has 0 unspecified atom stereocenters. The minimum atomic E-state index is 0.374. The third-order valence-corrected chi connectivity index (χ3v) is 2.74. The number of hydrogen-bond acceptors (Lipinski definition) is 4. The van der Waals surface area contributed by atoms with Crippen LogP contribution in [0.15, 0.2) is 13.2 Å². The van der Waals surface area contributed by atoms with Crippen LogP contribution in [0.4, 0.5) is 0 Å². The average molecular weight is 239 g/mol. The highest BCUT2D eigenvalue weighted by Crippen LogP contribution is 2.20. The van der Waals surface area contributed by atoms with Crippen LogP contribution in [0.2, 0.25) is 0 Å². The molecule has 88 valence electrons. The van der Waals surface area contributed by atoms with Crippen LogP contribution in [-0.2, 0) is 16.0 Å². The number of ether oxygens (including phenoxy) is 1. The number of carbonyl (C=O) groups excluding carboxylic acids is 1. The molecule has 0 N–H and O–H groups in total. The molecule has 0 aliphatic heterocycles. The van der Waals surface area contributed by atoms with E-state index in [0.29, 0.717) is 6.42 Å². The van der Waals surface area contributed by atoms with Gasteiger partial charge in [-0.25, -0.2) is 4.98 Å². The van der Waals surface area contributed by atoms with Gasteiger partial charge in [0.1, 0.15) is 11.3 Å². The molecule has 0 saturated carbocycles. The van der Waals surface area contributed by atoms with E-state index in [1.165, 1.54) is 11.3 Å². The van der Waals surface area contributed by atoms with E-state index in [9.17, 15) is 4.79 Å². The van der Waals surface area contributed by atoms with Gasteiger partial charge < -0.3 is 9.53 Å². The summed E-state index contributed by atoms with van der Waals surface area (Å²) in [5, 5.41) is 0.815. The zero-order valence-corrected chi connectivity index (χ0v) is 10.5. The van der Waals surface area contributed by atoms with E-state index in [2.05, 4.69) is 22.9 Å². The molecular formula is C12H17NO2S. The van der Waals surface area contributed by atoms with E-state index in [4.69, 9.17) is 0 Å². The Hall–Kier alpha value is -1.26. The van der Waals surface area contributed by atoms with Crippen molar-refractivity contribution in [1.82, 2.24) is 4.98 Å². The fourth-order valence-electron chi connectivity index (χ4n) is 0.843. The molecule has 0 atom stereocenters. The summed E-state index contributed by atoms with van der Waals surface area (Å²) in [5.74, 6) is 0. The predicted octanol–water partition coefficient (Wildman–Crippen LogP) is 2.82. The molecular weight excluding hydrogens is 222 g/mol. The highest BCUT2D eigenvalue weighted by Gasteiger charge is 2.04. The largest absolute Gasteiger partial charge is 0.385 e. The lowest BCUT2D eigenvalue weighted by atomic mass is 10.3. The molecule has 1 aromatic heterocycles. The van der Waals surface area contributed by atoms with Crippen molar-refractivity contribution in [3.63, 3.8) is 0 Å². The average Bonchev–Trinajstić information content (AvgIpc) is 2.72. The predicted molar refractivity (Wildman–Crippen MR) is 69.6 cm³/mol. The van der Waals surface area contributed by atoms with Crippen LogP contribution in [0.1, 0.15) is 22.5 Å². The maximum atomic E-state index is 10.2. The maximum Gasteiger partial charge on any atom is 0.126 e. The Kier molecular flexibility index (Phi) is 8.29. The van der Waals surface area contributed by atoms with Crippen LogP contribution in [-0.4, -0.2) is 25.0 Å². The van der Waals surface area contributed by atoms with E-state index in [-0.39, 0.29) is 0 Å². The Morgan fingerprint density at radius 1 is 1.44 bits per heavy atom. The molecule has 0 saturated heterocycles. The lowest BCUT2D eigenvalue weighted by Gasteiger charge is -1.83. The molecule has 0 aromatic carbocycles. The summed E-state index contributed by atoms with van der Waals surface area (Å²) in [6.45, 7) is 10.0. The number of methoxy groups -OCH3 is 1. The monoisotopic (exact) mass is 239 g/mol. The van der Waals surface area contributed by atoms with E-state index in [1.807, 2.05) is 6.92 Å². The van der Waals surface area contributed by atoms with Crippen molar-refractivity contribution in [2.75, 3.05) is 13.7 Å². The van der Waals surface area contributed by atoms with E-state index < -0.39 is 0 Å². The van der Waals surface area contributed by atoms with Gasteiger partial charge in [-0.3, -0.25) is 0 Å². The summed E-state index contributed by atoms with van der Waals surface area (Å²) in [6, 6.07) is 0. The van der Waals surface area contributed by atoms with Gasteiger partial charge in [0.15, 0.2) is 0 Å². The number of aromatic nitrogens is 1. The Morgan fingerprint density at radius 3 is 2.38 bits per heavy atom. The third kappa shape index (κ3) is 5.00. The molecule has 0 bridgehead atoms. The lowest BCUT2D eigenvalue weighted by Crippen LogP contribution is -1.83. The summed E-state index contributed by atoms with van der Waals surface area (Å²) in [6.07, 6.45) is 4.61. The van der Waals surface area contributed by atoms with Crippen LogP contribution in [0.25, 0.3) is 12.2 Å². The van der Waals surface area contributed by atoms with Crippen molar-refractivity contribution in [1.29, 1.82) is 0 Å². The number of aldehydes is 1. The summed E-state index contributed by atoms with van der Waals surface area (Å²) in [7, 11) is 1.68. The summed E-state index contributed by atoms with van der Waals surface area (Å²) in [4.78, 5) is 15.3. The van der Waals surface area contributed by atoms with Gasteiger partial charge in [-0.05, 0) is 19.1 Å². The minimum Gasteiger partial charge on any atom is -0.385 e. The number of hydrogen-bond donors (Lipinski definition) is 0. The summed E-state index contributed by atoms with van der Waals surface area (Å²) in [5.41, 5.74) is 0.812. The van der Waals surface area contributed by atoms with Crippen LogP contribution in [0, 0.1) is 0 Å². The van der Waals surface area contributed by atoms with Crippen LogP contribution >= 0.6 is 11.3 Å². The molecule has 0 aliphatic rings. The molecule has 0 aliphatic carbocycles. The molecule has 4 heteroatoms. The Morgan fingerprint density at radius 2 is 2.06 bits per heavy atom. The molecule has 1 aromatic rings. The van der Waals surface area contributed by atoms with Crippen molar-refractivity contribution in [2.45, 2.75) is 13.3 Å². The van der Waals surface area contributed by atoms with Crippen LogP contribution in [0.3, 0.4) is 0 Å². The maximum absolute atomic E-state index is 10.2. The molecule has 1 rings (SSSR count).